The van der Waals surface area contributed by atoms with E-state index in [1.54, 1.807) is 6.92 Å². The van der Waals surface area contributed by atoms with Gasteiger partial charge in [-0.1, -0.05) is 15.9 Å². The summed E-state index contributed by atoms with van der Waals surface area (Å²) in [6, 6.07) is 1.99. The Hall–Kier alpha value is -1.24. The molecule has 0 aliphatic carbocycles. The van der Waals surface area contributed by atoms with Gasteiger partial charge in [-0.05, 0) is 24.6 Å². The summed E-state index contributed by atoms with van der Waals surface area (Å²) >= 11 is 3.07. The molecule has 1 rings (SSSR count). The first-order valence-corrected chi connectivity index (χ1v) is 5.85. The van der Waals surface area contributed by atoms with Crippen LogP contribution in [0.15, 0.2) is 16.6 Å². The van der Waals surface area contributed by atoms with Gasteiger partial charge in [0, 0.05) is 10.2 Å². The van der Waals surface area contributed by atoms with Crippen LogP contribution in [0.25, 0.3) is 0 Å². The van der Waals surface area contributed by atoms with Gasteiger partial charge >= 0.3 is 12.1 Å². The lowest BCUT2D eigenvalue weighted by atomic mass is 10.1. The lowest BCUT2D eigenvalue weighted by Gasteiger charge is -2.13. The van der Waals surface area contributed by atoms with Crippen LogP contribution in [0.1, 0.15) is 18.1 Å². The summed E-state index contributed by atoms with van der Waals surface area (Å²) in [5.74, 6) is -0.587. The molecule has 0 amide bonds. The molecule has 0 fully saturated rings. The molecule has 0 saturated carbocycles. The highest BCUT2D eigenvalue weighted by Gasteiger charge is 2.33. The Bertz CT molecular complexity index is 460. The average Bonchev–Trinajstić information content (AvgIpc) is 2.20. The normalized spacial score (nSPS) is 11.4. The van der Waals surface area contributed by atoms with Crippen molar-refractivity contribution >= 4 is 27.6 Å². The second kappa shape index (κ2) is 5.60. The van der Waals surface area contributed by atoms with Crippen molar-refractivity contribution in [3.63, 3.8) is 0 Å². The number of carbonyl (C=O) groups excluding carboxylic acids is 1. The van der Waals surface area contributed by atoms with Crippen molar-refractivity contribution in [3.05, 3.63) is 27.7 Å². The number of rotatable bonds is 3. The van der Waals surface area contributed by atoms with E-state index >= 15 is 0 Å². The van der Waals surface area contributed by atoms with Crippen molar-refractivity contribution in [1.29, 1.82) is 0 Å². The topological polar surface area (TPSA) is 52.3 Å². The van der Waals surface area contributed by atoms with Crippen LogP contribution < -0.4 is 5.73 Å². The minimum Gasteiger partial charge on any atom is -0.466 e. The van der Waals surface area contributed by atoms with Crippen LogP contribution in [-0.4, -0.2) is 12.6 Å². The van der Waals surface area contributed by atoms with E-state index in [9.17, 15) is 18.0 Å². The Morgan fingerprint density at radius 1 is 1.44 bits per heavy atom. The van der Waals surface area contributed by atoms with Gasteiger partial charge in [-0.2, -0.15) is 13.2 Å². The minimum absolute atomic E-state index is 0.178. The lowest BCUT2D eigenvalue weighted by molar-refractivity contribution is -0.142. The quantitative estimate of drug-likeness (QED) is 0.686. The number of esters is 1. The average molecular weight is 326 g/mol. The fraction of sp³-hybridized carbons (Fsp3) is 0.364. The summed E-state index contributed by atoms with van der Waals surface area (Å²) in [6.07, 6.45) is -4.79. The Morgan fingerprint density at radius 2 is 2.06 bits per heavy atom. The van der Waals surface area contributed by atoms with Gasteiger partial charge in [0.2, 0.25) is 0 Å². The maximum atomic E-state index is 12.6. The molecule has 1 aromatic carbocycles. The number of nitrogens with two attached hydrogens (primary N) is 1. The van der Waals surface area contributed by atoms with Gasteiger partial charge in [-0.3, -0.25) is 4.79 Å². The van der Waals surface area contributed by atoms with Crippen LogP contribution in [-0.2, 0) is 22.1 Å². The van der Waals surface area contributed by atoms with Crippen molar-refractivity contribution in [2.45, 2.75) is 19.5 Å². The number of carbonyl (C=O) groups is 1. The van der Waals surface area contributed by atoms with Crippen LogP contribution >= 0.6 is 15.9 Å². The molecule has 0 aromatic heterocycles. The Balaban J connectivity index is 3.10. The zero-order valence-electron chi connectivity index (χ0n) is 9.47. The number of alkyl halides is 3. The summed E-state index contributed by atoms with van der Waals surface area (Å²) in [5, 5.41) is 0. The van der Waals surface area contributed by atoms with Crippen molar-refractivity contribution < 1.29 is 22.7 Å². The van der Waals surface area contributed by atoms with E-state index in [1.165, 1.54) is 0 Å². The fourth-order valence-corrected chi connectivity index (χ4v) is 1.88. The maximum Gasteiger partial charge on any atom is 0.418 e. The standard InChI is InChI=1S/C11H11BrF3NO2/c1-2-18-10(17)4-6-3-7(11(13,14)15)9(16)5-8(6)12/h3,5H,2,4,16H2,1H3. The Kier molecular flexibility index (Phi) is 4.61. The number of nitrogen functional groups attached to an aromatic ring is 1. The number of anilines is 1. The van der Waals surface area contributed by atoms with E-state index in [-0.39, 0.29) is 24.3 Å². The van der Waals surface area contributed by atoms with Crippen LogP contribution in [0.5, 0.6) is 0 Å². The molecule has 2 N–H and O–H groups in total. The van der Waals surface area contributed by atoms with E-state index in [0.29, 0.717) is 4.47 Å². The third-order valence-electron chi connectivity index (χ3n) is 2.16. The smallest absolute Gasteiger partial charge is 0.418 e. The monoisotopic (exact) mass is 325 g/mol. The molecule has 0 radical (unpaired) electrons. The highest BCUT2D eigenvalue weighted by atomic mass is 79.9. The minimum atomic E-state index is -4.55. The zero-order chi connectivity index (χ0) is 13.9. The molecule has 0 heterocycles. The Labute approximate surface area is 110 Å². The van der Waals surface area contributed by atoms with E-state index in [0.717, 1.165) is 12.1 Å². The number of benzene rings is 1. The molecule has 3 nitrogen and oxygen atoms in total. The third kappa shape index (κ3) is 3.63. The van der Waals surface area contributed by atoms with Crippen molar-refractivity contribution in [1.82, 2.24) is 0 Å². The highest BCUT2D eigenvalue weighted by molar-refractivity contribution is 9.10. The third-order valence-corrected chi connectivity index (χ3v) is 2.90. The highest BCUT2D eigenvalue weighted by Crippen LogP contribution is 2.36. The molecule has 7 heteroatoms. The van der Waals surface area contributed by atoms with E-state index in [2.05, 4.69) is 20.7 Å². The first-order chi connectivity index (χ1) is 8.25. The van der Waals surface area contributed by atoms with Gasteiger partial charge in [0.05, 0.1) is 18.6 Å². The van der Waals surface area contributed by atoms with Crippen LogP contribution in [0, 0.1) is 0 Å². The van der Waals surface area contributed by atoms with Crippen LogP contribution in [0.3, 0.4) is 0 Å². The molecule has 0 aliphatic rings. The molecule has 0 atom stereocenters. The first-order valence-electron chi connectivity index (χ1n) is 5.06. The van der Waals surface area contributed by atoms with Gasteiger partial charge in [0.1, 0.15) is 0 Å². The molecule has 18 heavy (non-hydrogen) atoms. The summed E-state index contributed by atoms with van der Waals surface area (Å²) in [4.78, 5) is 11.3. The van der Waals surface area contributed by atoms with Gasteiger partial charge in [-0.25, -0.2) is 0 Å². The van der Waals surface area contributed by atoms with E-state index in [1.807, 2.05) is 0 Å². The summed E-state index contributed by atoms with van der Waals surface area (Å²) in [6.45, 7) is 1.80. The van der Waals surface area contributed by atoms with Crippen LogP contribution in [0.4, 0.5) is 18.9 Å². The fourth-order valence-electron chi connectivity index (χ4n) is 1.38. The van der Waals surface area contributed by atoms with Gasteiger partial charge < -0.3 is 10.5 Å². The van der Waals surface area contributed by atoms with Gasteiger partial charge in [0.15, 0.2) is 0 Å². The van der Waals surface area contributed by atoms with Crippen molar-refractivity contribution in [2.24, 2.45) is 0 Å². The maximum absolute atomic E-state index is 12.6. The first kappa shape index (κ1) is 14.8. The van der Waals surface area contributed by atoms with E-state index in [4.69, 9.17) is 5.73 Å². The number of ether oxygens (including phenoxy) is 1. The molecule has 0 bridgehead atoms. The summed E-state index contributed by atoms with van der Waals surface area (Å²) in [7, 11) is 0. The SMILES string of the molecule is CCOC(=O)Cc1cc(C(F)(F)F)c(N)cc1Br. The molecule has 0 aliphatic heterocycles. The molecule has 100 valence electrons. The van der Waals surface area contributed by atoms with Crippen molar-refractivity contribution in [3.8, 4) is 0 Å². The molecular formula is C11H11BrF3NO2. The summed E-state index contributed by atoms with van der Waals surface area (Å²) < 4.78 is 42.9. The molecular weight excluding hydrogens is 315 g/mol. The second-order valence-electron chi connectivity index (χ2n) is 3.51. The number of halogens is 4. The number of hydrogen-bond donors (Lipinski definition) is 1. The second-order valence-corrected chi connectivity index (χ2v) is 4.36. The van der Waals surface area contributed by atoms with Crippen LogP contribution in [0.2, 0.25) is 0 Å². The predicted octanol–water partition coefficient (Wildman–Crippen LogP) is 3.16. The molecule has 1 aromatic rings. The Morgan fingerprint density at radius 3 is 2.56 bits per heavy atom. The molecule has 0 spiro atoms. The van der Waals surface area contributed by atoms with Crippen molar-refractivity contribution in [2.75, 3.05) is 12.3 Å². The lowest BCUT2D eigenvalue weighted by Crippen LogP contribution is -2.12. The zero-order valence-corrected chi connectivity index (χ0v) is 11.1. The largest absolute Gasteiger partial charge is 0.466 e. The van der Waals surface area contributed by atoms with Gasteiger partial charge in [0.25, 0.3) is 0 Å². The summed E-state index contributed by atoms with van der Waals surface area (Å²) in [5.41, 5.74) is 4.15. The van der Waals surface area contributed by atoms with Gasteiger partial charge in [-0.15, -0.1) is 0 Å². The predicted molar refractivity (Wildman–Crippen MR) is 63.9 cm³/mol. The molecule has 0 unspecified atom stereocenters. The number of hydrogen-bond acceptors (Lipinski definition) is 3. The molecule has 0 saturated heterocycles. The van der Waals surface area contributed by atoms with E-state index < -0.39 is 17.7 Å².